The van der Waals surface area contributed by atoms with Gasteiger partial charge in [0.05, 0.1) is 19.3 Å². The number of benzene rings is 2. The quantitative estimate of drug-likeness (QED) is 0.401. The molecule has 0 amide bonds. The van der Waals surface area contributed by atoms with Crippen molar-refractivity contribution in [2.45, 2.75) is 13.1 Å². The molecule has 120 valence electrons. The Balaban J connectivity index is 1.78. The number of hydrogen-bond donors (Lipinski definition) is 1. The van der Waals surface area contributed by atoms with E-state index in [-0.39, 0.29) is 0 Å². The first-order valence-corrected chi connectivity index (χ1v) is 8.16. The molecule has 5 heteroatoms. The van der Waals surface area contributed by atoms with Crippen molar-refractivity contribution in [1.82, 2.24) is 9.99 Å². The van der Waals surface area contributed by atoms with E-state index < -0.39 is 0 Å². The lowest BCUT2D eigenvalue weighted by Gasteiger charge is -2.05. The fourth-order valence-electron chi connectivity index (χ4n) is 2.55. The molecule has 1 heterocycles. The third-order valence-corrected chi connectivity index (χ3v) is 4.40. The van der Waals surface area contributed by atoms with E-state index in [2.05, 4.69) is 22.5 Å². The van der Waals surface area contributed by atoms with Gasteiger partial charge >= 0.3 is 0 Å². The summed E-state index contributed by atoms with van der Waals surface area (Å²) < 4.78 is 2.03. The summed E-state index contributed by atoms with van der Waals surface area (Å²) in [5.41, 5.74) is 5.90. The molecule has 24 heavy (non-hydrogen) atoms. The van der Waals surface area contributed by atoms with E-state index in [1.54, 1.807) is 6.21 Å². The van der Waals surface area contributed by atoms with E-state index in [0.717, 1.165) is 22.0 Å². The average Bonchev–Trinajstić information content (AvgIpc) is 2.92. The van der Waals surface area contributed by atoms with Crippen molar-refractivity contribution in [2.75, 3.05) is 0 Å². The average molecular weight is 356 g/mol. The summed E-state index contributed by atoms with van der Waals surface area (Å²) in [5, 5.41) is 6.63. The molecule has 0 atom stereocenters. The number of hydrazone groups is 1. The fraction of sp³-hybridized carbons (Fsp3) is 0.105. The first-order valence-electron chi connectivity index (χ1n) is 7.41. The molecular formula is C19H15Cl2N3. The Bertz CT molecular complexity index is 915. The van der Waals surface area contributed by atoms with Gasteiger partial charge in [0.25, 0.3) is 0 Å². The van der Waals surface area contributed by atoms with Gasteiger partial charge in [-0.2, -0.15) is 5.10 Å². The van der Waals surface area contributed by atoms with Gasteiger partial charge in [0.2, 0.25) is 0 Å². The first kappa shape index (κ1) is 16.4. The van der Waals surface area contributed by atoms with Crippen molar-refractivity contribution >= 4 is 40.3 Å². The van der Waals surface area contributed by atoms with Gasteiger partial charge in [-0.3, -0.25) is 0 Å². The predicted molar refractivity (Wildman–Crippen MR) is 102 cm³/mol. The van der Waals surface area contributed by atoms with Crippen molar-refractivity contribution in [3.05, 3.63) is 69.8 Å². The van der Waals surface area contributed by atoms with Gasteiger partial charge in [0, 0.05) is 38.3 Å². The van der Waals surface area contributed by atoms with Crippen LogP contribution in [0.15, 0.2) is 53.8 Å². The first-order chi connectivity index (χ1) is 11.7. The molecule has 0 fully saturated rings. The van der Waals surface area contributed by atoms with Gasteiger partial charge in [0.15, 0.2) is 0 Å². The summed E-state index contributed by atoms with van der Waals surface area (Å²) in [6.07, 6.45) is 9.21. The summed E-state index contributed by atoms with van der Waals surface area (Å²) in [6, 6.07) is 13.5. The smallest absolute Gasteiger partial charge is 0.0835 e. The van der Waals surface area contributed by atoms with Crippen LogP contribution in [0.1, 0.15) is 11.1 Å². The number of para-hydroxylation sites is 1. The summed E-state index contributed by atoms with van der Waals surface area (Å²) in [7, 11) is 0. The van der Waals surface area contributed by atoms with Crippen LogP contribution >= 0.6 is 23.2 Å². The number of terminal acetylenes is 1. The number of nitrogens with one attached hydrogen (secondary N) is 1. The minimum absolute atomic E-state index is 0.456. The van der Waals surface area contributed by atoms with Crippen LogP contribution in [0.25, 0.3) is 10.9 Å². The van der Waals surface area contributed by atoms with Gasteiger partial charge < -0.3 is 9.99 Å². The van der Waals surface area contributed by atoms with E-state index in [0.29, 0.717) is 23.1 Å². The Morgan fingerprint density at radius 1 is 1.12 bits per heavy atom. The van der Waals surface area contributed by atoms with Gasteiger partial charge in [0.1, 0.15) is 0 Å². The predicted octanol–water partition coefficient (Wildman–Crippen LogP) is 4.71. The largest absolute Gasteiger partial charge is 0.335 e. The van der Waals surface area contributed by atoms with Crippen molar-refractivity contribution in [1.29, 1.82) is 0 Å². The van der Waals surface area contributed by atoms with Crippen LogP contribution in [0, 0.1) is 12.3 Å². The maximum Gasteiger partial charge on any atom is 0.0835 e. The Hall–Kier alpha value is -2.41. The van der Waals surface area contributed by atoms with Crippen LogP contribution in [-0.2, 0) is 13.1 Å². The van der Waals surface area contributed by atoms with Gasteiger partial charge in [-0.05, 0) is 18.2 Å². The van der Waals surface area contributed by atoms with E-state index in [4.69, 9.17) is 29.6 Å². The minimum atomic E-state index is 0.456. The van der Waals surface area contributed by atoms with Crippen LogP contribution < -0.4 is 5.43 Å². The van der Waals surface area contributed by atoms with Crippen LogP contribution in [0.5, 0.6) is 0 Å². The van der Waals surface area contributed by atoms with Crippen LogP contribution in [0.4, 0.5) is 0 Å². The number of hydrogen-bond acceptors (Lipinski definition) is 2. The molecule has 3 nitrogen and oxygen atoms in total. The standard InChI is InChI=1S/C19H15Cl2N3/c1-2-10-24-13-14(15-6-3-4-9-19(15)24)11-22-23-12-16-17(20)7-5-8-18(16)21/h1,3-9,11,13,23H,10,12H2/b22-11+. The lowest BCUT2D eigenvalue weighted by Crippen LogP contribution is -2.06. The Labute approximate surface area is 150 Å². The zero-order valence-electron chi connectivity index (χ0n) is 12.8. The molecule has 0 unspecified atom stereocenters. The number of halogens is 2. The van der Waals surface area contributed by atoms with E-state index >= 15 is 0 Å². The molecule has 1 aromatic heterocycles. The molecule has 3 aromatic rings. The Morgan fingerprint density at radius 2 is 1.88 bits per heavy atom. The van der Waals surface area contributed by atoms with Crippen molar-refractivity contribution in [3.63, 3.8) is 0 Å². The molecule has 0 aliphatic carbocycles. The van der Waals surface area contributed by atoms with E-state index in [1.807, 2.05) is 47.2 Å². The van der Waals surface area contributed by atoms with Gasteiger partial charge in [-0.15, -0.1) is 6.42 Å². The molecule has 0 radical (unpaired) electrons. The zero-order chi connectivity index (χ0) is 16.9. The second kappa shape index (κ2) is 7.44. The molecule has 0 spiro atoms. The summed E-state index contributed by atoms with van der Waals surface area (Å²) in [6.45, 7) is 0.981. The molecule has 3 rings (SSSR count). The molecule has 0 saturated carbocycles. The molecule has 0 aliphatic heterocycles. The van der Waals surface area contributed by atoms with E-state index in [1.165, 1.54) is 0 Å². The Kier molecular flexibility index (Phi) is 5.10. The third kappa shape index (κ3) is 3.41. The summed E-state index contributed by atoms with van der Waals surface area (Å²) in [4.78, 5) is 0. The second-order valence-electron chi connectivity index (χ2n) is 5.23. The fourth-order valence-corrected chi connectivity index (χ4v) is 3.08. The zero-order valence-corrected chi connectivity index (χ0v) is 14.3. The second-order valence-corrected chi connectivity index (χ2v) is 6.04. The summed E-state index contributed by atoms with van der Waals surface area (Å²) in [5.74, 6) is 2.66. The topological polar surface area (TPSA) is 29.3 Å². The van der Waals surface area contributed by atoms with Crippen LogP contribution in [-0.4, -0.2) is 10.8 Å². The SMILES string of the molecule is C#CCn1cc(/C=N/NCc2c(Cl)cccc2Cl)c2ccccc21. The highest BCUT2D eigenvalue weighted by Gasteiger charge is 2.06. The highest BCUT2D eigenvalue weighted by Crippen LogP contribution is 2.24. The number of nitrogens with zero attached hydrogens (tertiary/aromatic N) is 2. The Morgan fingerprint density at radius 3 is 2.62 bits per heavy atom. The van der Waals surface area contributed by atoms with E-state index in [9.17, 15) is 0 Å². The molecule has 1 N–H and O–H groups in total. The number of rotatable bonds is 5. The molecule has 2 aromatic carbocycles. The third-order valence-electron chi connectivity index (χ3n) is 3.69. The highest BCUT2D eigenvalue weighted by molar-refractivity contribution is 6.35. The molecule has 0 saturated heterocycles. The molecule has 0 bridgehead atoms. The van der Waals surface area contributed by atoms with Crippen molar-refractivity contribution in [3.8, 4) is 12.3 Å². The van der Waals surface area contributed by atoms with Gasteiger partial charge in [-0.25, -0.2) is 0 Å². The molecular weight excluding hydrogens is 341 g/mol. The van der Waals surface area contributed by atoms with Crippen LogP contribution in [0.3, 0.4) is 0 Å². The van der Waals surface area contributed by atoms with Crippen molar-refractivity contribution in [2.24, 2.45) is 5.10 Å². The normalized spacial score (nSPS) is 11.0. The molecule has 0 aliphatic rings. The maximum absolute atomic E-state index is 6.14. The number of aromatic nitrogens is 1. The lowest BCUT2D eigenvalue weighted by atomic mass is 10.2. The maximum atomic E-state index is 6.14. The van der Waals surface area contributed by atoms with Gasteiger partial charge in [-0.1, -0.05) is 53.4 Å². The van der Waals surface area contributed by atoms with Crippen molar-refractivity contribution < 1.29 is 0 Å². The summed E-state index contributed by atoms with van der Waals surface area (Å²) >= 11 is 12.3. The van der Waals surface area contributed by atoms with Crippen LogP contribution in [0.2, 0.25) is 10.0 Å². The minimum Gasteiger partial charge on any atom is -0.335 e. The highest BCUT2D eigenvalue weighted by atomic mass is 35.5. The number of fused-ring (bicyclic) bond motifs is 1. The monoisotopic (exact) mass is 355 g/mol. The lowest BCUT2D eigenvalue weighted by molar-refractivity contribution is 0.748.